The molecule has 0 radical (unpaired) electrons. The molecule has 0 rings (SSSR count). The van der Waals surface area contributed by atoms with Crippen molar-refractivity contribution in [2.75, 3.05) is 6.54 Å². The Morgan fingerprint density at radius 1 is 1.73 bits per heavy atom. The summed E-state index contributed by atoms with van der Waals surface area (Å²) in [5, 5.41) is 8.30. The highest BCUT2D eigenvalue weighted by atomic mass is 16.4. The lowest BCUT2D eigenvalue weighted by Crippen LogP contribution is -2.27. The van der Waals surface area contributed by atoms with Crippen molar-refractivity contribution in [2.45, 2.75) is 6.04 Å². The first-order chi connectivity index (χ1) is 5.18. The molecule has 0 bridgehead atoms. The number of rotatable bonds is 4. The first-order valence-corrected chi connectivity index (χ1v) is 3.03. The van der Waals surface area contributed by atoms with E-state index < -0.39 is 12.0 Å². The fourth-order valence-electron chi connectivity index (χ4n) is 0.411. The van der Waals surface area contributed by atoms with Gasteiger partial charge in [-0.1, -0.05) is 12.2 Å². The Bertz CT molecular complexity index is 177. The Labute approximate surface area is 64.4 Å². The number of hydrogen-bond acceptors (Lipinski definition) is 3. The van der Waals surface area contributed by atoms with Crippen LogP contribution < -0.4 is 11.5 Å². The summed E-state index contributed by atoms with van der Waals surface area (Å²) in [6.07, 6.45) is 4.05. The van der Waals surface area contributed by atoms with Crippen LogP contribution in [-0.4, -0.2) is 30.0 Å². The summed E-state index contributed by atoms with van der Waals surface area (Å²) in [6, 6.07) is -0.956. The molecule has 1 unspecified atom stereocenters. The van der Waals surface area contributed by atoms with Gasteiger partial charge in [-0.25, -0.2) is 0 Å². The minimum atomic E-state index is -1.06. The molecule has 5 heteroatoms. The maximum atomic E-state index is 10.1. The van der Waals surface area contributed by atoms with Crippen LogP contribution >= 0.6 is 0 Å². The molecular weight excluding hydrogens is 146 g/mol. The number of carboxylic acid groups (broad SMARTS) is 1. The molecule has 62 valence electrons. The summed E-state index contributed by atoms with van der Waals surface area (Å²) >= 11 is 0. The fourth-order valence-corrected chi connectivity index (χ4v) is 0.411. The van der Waals surface area contributed by atoms with Gasteiger partial charge in [0, 0.05) is 0 Å². The van der Waals surface area contributed by atoms with Gasteiger partial charge in [-0.2, -0.15) is 0 Å². The zero-order chi connectivity index (χ0) is 8.69. The summed E-state index contributed by atoms with van der Waals surface area (Å²) in [7, 11) is 0. The van der Waals surface area contributed by atoms with Crippen molar-refractivity contribution >= 4 is 12.3 Å². The minimum Gasteiger partial charge on any atom is -0.480 e. The summed E-state index contributed by atoms with van der Waals surface area (Å²) in [5.74, 6) is -1.06. The second kappa shape index (κ2) is 5.43. The van der Waals surface area contributed by atoms with Crippen molar-refractivity contribution in [3.05, 3.63) is 12.2 Å². The summed E-state index contributed by atoms with van der Waals surface area (Å²) in [6.45, 7) is 0.359. The lowest BCUT2D eigenvalue weighted by Gasteiger charge is -1.95. The quantitative estimate of drug-likeness (QED) is 0.275. The summed E-state index contributed by atoms with van der Waals surface area (Å²) < 4.78 is 0. The molecule has 5 nitrogen and oxygen atoms in total. The van der Waals surface area contributed by atoms with Crippen molar-refractivity contribution in [1.29, 1.82) is 0 Å². The standard InChI is InChI=1S/C6H11N3O2/c7-4-9-3-1-2-5(8)6(10)11/h1-2,4-5H,3,8H2,(H2,7,9)(H,10,11)/b2-1+. The predicted molar refractivity (Wildman–Crippen MR) is 42.3 cm³/mol. The SMILES string of the molecule is NC=NC/C=C/C(N)C(=O)O. The zero-order valence-electron chi connectivity index (χ0n) is 5.97. The molecule has 0 fully saturated rings. The average molecular weight is 157 g/mol. The minimum absolute atomic E-state index is 0.359. The van der Waals surface area contributed by atoms with Crippen molar-refractivity contribution in [2.24, 2.45) is 16.5 Å². The molecule has 0 aromatic carbocycles. The highest BCUT2D eigenvalue weighted by Gasteiger charge is 2.04. The molecule has 0 spiro atoms. The van der Waals surface area contributed by atoms with Gasteiger partial charge in [0.2, 0.25) is 0 Å². The monoisotopic (exact) mass is 157 g/mol. The molecule has 0 aromatic heterocycles. The third kappa shape index (κ3) is 5.10. The number of aliphatic carboxylic acids is 1. The third-order valence-corrected chi connectivity index (χ3v) is 0.945. The average Bonchev–Trinajstić information content (AvgIpc) is 1.97. The predicted octanol–water partition coefficient (Wildman–Crippen LogP) is -1.06. The van der Waals surface area contributed by atoms with Crippen LogP contribution in [0.5, 0.6) is 0 Å². The Morgan fingerprint density at radius 2 is 2.36 bits per heavy atom. The normalized spacial score (nSPS) is 14.3. The van der Waals surface area contributed by atoms with Gasteiger partial charge < -0.3 is 16.6 Å². The molecule has 1 atom stereocenters. The van der Waals surface area contributed by atoms with Gasteiger partial charge in [-0.05, 0) is 0 Å². The number of carboxylic acids is 1. The van der Waals surface area contributed by atoms with Crippen LogP contribution in [0.1, 0.15) is 0 Å². The Kier molecular flexibility index (Phi) is 4.76. The van der Waals surface area contributed by atoms with E-state index in [1.807, 2.05) is 0 Å². The van der Waals surface area contributed by atoms with Crippen LogP contribution in [-0.2, 0) is 4.79 Å². The molecular formula is C6H11N3O2. The molecule has 11 heavy (non-hydrogen) atoms. The number of nitrogens with two attached hydrogens (primary N) is 2. The molecule has 0 saturated carbocycles. The van der Waals surface area contributed by atoms with Crippen LogP contribution in [0.4, 0.5) is 0 Å². The van der Waals surface area contributed by atoms with Crippen molar-refractivity contribution < 1.29 is 9.90 Å². The van der Waals surface area contributed by atoms with E-state index in [4.69, 9.17) is 16.6 Å². The number of aliphatic imine (C=N–C) groups is 1. The summed E-state index contributed by atoms with van der Waals surface area (Å²) in [5.41, 5.74) is 10.1. The second-order valence-corrected chi connectivity index (χ2v) is 1.81. The van der Waals surface area contributed by atoms with E-state index in [9.17, 15) is 4.79 Å². The van der Waals surface area contributed by atoms with Crippen LogP contribution in [0, 0.1) is 0 Å². The van der Waals surface area contributed by atoms with Crippen LogP contribution in [0.3, 0.4) is 0 Å². The third-order valence-electron chi connectivity index (χ3n) is 0.945. The zero-order valence-corrected chi connectivity index (χ0v) is 5.97. The lowest BCUT2D eigenvalue weighted by atomic mass is 10.3. The smallest absolute Gasteiger partial charge is 0.324 e. The second-order valence-electron chi connectivity index (χ2n) is 1.81. The number of nitrogens with zero attached hydrogens (tertiary/aromatic N) is 1. The Morgan fingerprint density at radius 3 is 2.82 bits per heavy atom. The highest BCUT2D eigenvalue weighted by Crippen LogP contribution is 1.82. The number of hydrogen-bond donors (Lipinski definition) is 3. The molecule has 0 heterocycles. The van der Waals surface area contributed by atoms with E-state index >= 15 is 0 Å². The van der Waals surface area contributed by atoms with Gasteiger partial charge in [0.25, 0.3) is 0 Å². The van der Waals surface area contributed by atoms with Crippen LogP contribution in [0.15, 0.2) is 17.1 Å². The van der Waals surface area contributed by atoms with Gasteiger partial charge >= 0.3 is 5.97 Å². The lowest BCUT2D eigenvalue weighted by molar-refractivity contribution is -0.137. The molecule has 0 aliphatic heterocycles. The molecule has 0 aliphatic rings. The Balaban J connectivity index is 3.65. The van der Waals surface area contributed by atoms with E-state index in [1.165, 1.54) is 6.08 Å². The summed E-state index contributed by atoms with van der Waals surface area (Å²) in [4.78, 5) is 13.7. The van der Waals surface area contributed by atoms with E-state index in [0.29, 0.717) is 6.54 Å². The van der Waals surface area contributed by atoms with Crippen molar-refractivity contribution in [3.63, 3.8) is 0 Å². The maximum absolute atomic E-state index is 10.1. The van der Waals surface area contributed by atoms with Gasteiger partial charge in [0.1, 0.15) is 6.04 Å². The van der Waals surface area contributed by atoms with Crippen molar-refractivity contribution in [1.82, 2.24) is 0 Å². The van der Waals surface area contributed by atoms with E-state index in [0.717, 1.165) is 6.34 Å². The van der Waals surface area contributed by atoms with E-state index in [2.05, 4.69) is 4.99 Å². The van der Waals surface area contributed by atoms with E-state index in [1.54, 1.807) is 6.08 Å². The molecule has 0 amide bonds. The van der Waals surface area contributed by atoms with Gasteiger partial charge in [-0.3, -0.25) is 9.79 Å². The van der Waals surface area contributed by atoms with Crippen molar-refractivity contribution in [3.8, 4) is 0 Å². The largest absolute Gasteiger partial charge is 0.480 e. The highest BCUT2D eigenvalue weighted by molar-refractivity contribution is 5.75. The van der Waals surface area contributed by atoms with E-state index in [-0.39, 0.29) is 0 Å². The van der Waals surface area contributed by atoms with Gasteiger partial charge in [0.05, 0.1) is 12.9 Å². The topological polar surface area (TPSA) is 102 Å². The molecule has 0 aromatic rings. The van der Waals surface area contributed by atoms with Crippen LogP contribution in [0.25, 0.3) is 0 Å². The van der Waals surface area contributed by atoms with Gasteiger partial charge in [0.15, 0.2) is 0 Å². The van der Waals surface area contributed by atoms with Crippen LogP contribution in [0.2, 0.25) is 0 Å². The Hall–Kier alpha value is -1.36. The first kappa shape index (κ1) is 9.64. The molecule has 5 N–H and O–H groups in total. The van der Waals surface area contributed by atoms with Gasteiger partial charge in [-0.15, -0.1) is 0 Å². The maximum Gasteiger partial charge on any atom is 0.324 e. The molecule has 0 saturated heterocycles. The first-order valence-electron chi connectivity index (χ1n) is 3.03. The molecule has 0 aliphatic carbocycles. The number of carbonyl (C=O) groups is 1. The fraction of sp³-hybridized carbons (Fsp3) is 0.333.